The number of amides is 1. The number of carbonyl (C=O) groups is 1. The molecule has 1 aromatic carbocycles. The number of benzene rings is 1. The van der Waals surface area contributed by atoms with Gasteiger partial charge in [-0.1, -0.05) is 0 Å². The minimum atomic E-state index is -3.51. The van der Waals surface area contributed by atoms with E-state index in [4.69, 9.17) is 0 Å². The lowest BCUT2D eigenvalue weighted by atomic mass is 10.0. The van der Waals surface area contributed by atoms with E-state index in [1.807, 2.05) is 0 Å². The molecule has 1 aromatic rings. The molecule has 144 valence electrons. The fraction of sp³-hybridized carbons (Fsp3) is 0.632. The van der Waals surface area contributed by atoms with Gasteiger partial charge in [-0.2, -0.15) is 4.31 Å². The second kappa shape index (κ2) is 7.66. The fourth-order valence-corrected chi connectivity index (χ4v) is 5.90. The van der Waals surface area contributed by atoms with Crippen molar-refractivity contribution in [3.05, 3.63) is 24.3 Å². The maximum atomic E-state index is 13.1. The van der Waals surface area contributed by atoms with E-state index in [2.05, 4.69) is 24.1 Å². The first-order chi connectivity index (χ1) is 12.3. The highest BCUT2D eigenvalue weighted by atomic mass is 32.2. The Balaban J connectivity index is 1.75. The quantitative estimate of drug-likeness (QED) is 0.873. The number of rotatable bonds is 4. The second-order valence-corrected chi connectivity index (χ2v) is 9.53. The van der Waals surface area contributed by atoms with Crippen molar-refractivity contribution >= 4 is 21.6 Å². The normalized spacial score (nSPS) is 28.2. The van der Waals surface area contributed by atoms with Crippen LogP contribution in [0, 0.1) is 0 Å². The first-order valence-electron chi connectivity index (χ1n) is 9.44. The van der Waals surface area contributed by atoms with E-state index < -0.39 is 10.0 Å². The van der Waals surface area contributed by atoms with Gasteiger partial charge in [-0.15, -0.1) is 0 Å². The predicted octanol–water partition coefficient (Wildman–Crippen LogP) is 2.67. The van der Waals surface area contributed by atoms with Gasteiger partial charge in [0.25, 0.3) is 0 Å². The highest BCUT2D eigenvalue weighted by molar-refractivity contribution is 7.89. The fourth-order valence-electron chi connectivity index (χ4n) is 4.38. The molecular weight excluding hydrogens is 350 g/mol. The first kappa shape index (κ1) is 19.3. The van der Waals surface area contributed by atoms with Gasteiger partial charge < -0.3 is 5.32 Å². The zero-order valence-electron chi connectivity index (χ0n) is 15.8. The summed E-state index contributed by atoms with van der Waals surface area (Å²) in [6.45, 7) is 7.06. The van der Waals surface area contributed by atoms with E-state index in [0.29, 0.717) is 36.9 Å². The van der Waals surface area contributed by atoms with Gasteiger partial charge in [0.2, 0.25) is 15.9 Å². The van der Waals surface area contributed by atoms with Gasteiger partial charge in [0, 0.05) is 43.8 Å². The molecule has 1 N–H and O–H groups in total. The molecule has 26 heavy (non-hydrogen) atoms. The van der Waals surface area contributed by atoms with Crippen LogP contribution in [0.5, 0.6) is 0 Å². The van der Waals surface area contributed by atoms with Crippen LogP contribution in [0.3, 0.4) is 0 Å². The van der Waals surface area contributed by atoms with E-state index in [1.54, 1.807) is 28.6 Å². The molecule has 2 heterocycles. The molecule has 0 aromatic heterocycles. The van der Waals surface area contributed by atoms with Crippen molar-refractivity contribution in [1.82, 2.24) is 9.21 Å². The van der Waals surface area contributed by atoms with Crippen LogP contribution in [0.15, 0.2) is 29.2 Å². The van der Waals surface area contributed by atoms with Crippen molar-refractivity contribution in [3.63, 3.8) is 0 Å². The minimum Gasteiger partial charge on any atom is -0.326 e. The molecule has 0 aliphatic carbocycles. The van der Waals surface area contributed by atoms with Gasteiger partial charge in [-0.3, -0.25) is 9.69 Å². The van der Waals surface area contributed by atoms with Crippen LogP contribution in [0.2, 0.25) is 0 Å². The topological polar surface area (TPSA) is 69.7 Å². The Labute approximate surface area is 156 Å². The number of carbonyl (C=O) groups excluding carboxylic acids is 1. The molecule has 2 aliphatic rings. The van der Waals surface area contributed by atoms with Gasteiger partial charge in [0.15, 0.2) is 0 Å². The maximum absolute atomic E-state index is 13.1. The smallest absolute Gasteiger partial charge is 0.243 e. The van der Waals surface area contributed by atoms with Crippen LogP contribution in [0.4, 0.5) is 5.69 Å². The van der Waals surface area contributed by atoms with Crippen molar-refractivity contribution in [2.24, 2.45) is 0 Å². The van der Waals surface area contributed by atoms with E-state index >= 15 is 0 Å². The van der Waals surface area contributed by atoms with E-state index in [1.165, 1.54) is 19.8 Å². The first-order valence-corrected chi connectivity index (χ1v) is 10.9. The lowest BCUT2D eigenvalue weighted by Gasteiger charge is -2.41. The van der Waals surface area contributed by atoms with Crippen molar-refractivity contribution in [3.8, 4) is 0 Å². The zero-order chi connectivity index (χ0) is 18.9. The Hall–Kier alpha value is -1.44. The summed E-state index contributed by atoms with van der Waals surface area (Å²) in [4.78, 5) is 13.9. The van der Waals surface area contributed by atoms with Crippen molar-refractivity contribution in [2.45, 2.75) is 69.5 Å². The molecule has 2 fully saturated rings. The average molecular weight is 380 g/mol. The van der Waals surface area contributed by atoms with E-state index in [-0.39, 0.29) is 10.8 Å². The number of hydrogen-bond acceptors (Lipinski definition) is 4. The number of nitrogens with zero attached hydrogens (tertiary/aromatic N) is 2. The Morgan fingerprint density at radius 2 is 1.69 bits per heavy atom. The Kier molecular flexibility index (Phi) is 5.69. The monoisotopic (exact) mass is 379 g/mol. The van der Waals surface area contributed by atoms with Crippen LogP contribution in [-0.4, -0.2) is 54.7 Å². The summed E-state index contributed by atoms with van der Waals surface area (Å²) in [5.74, 6) is -0.173. The van der Waals surface area contributed by atoms with E-state index in [9.17, 15) is 13.2 Å². The number of sulfonamides is 1. The summed E-state index contributed by atoms with van der Waals surface area (Å²) in [5, 5.41) is 2.66. The highest BCUT2D eigenvalue weighted by Gasteiger charge is 2.38. The molecule has 1 amide bonds. The molecule has 7 heteroatoms. The number of piperidine rings is 1. The Morgan fingerprint density at radius 3 is 2.27 bits per heavy atom. The summed E-state index contributed by atoms with van der Waals surface area (Å²) in [7, 11) is -3.51. The SMILES string of the molecule is CC(=O)Nc1ccc(S(=O)(=O)N2CCC[C@@H](N3[C@H](C)CC[C@@H]3C)C2)cc1. The molecule has 0 unspecified atom stereocenters. The molecule has 6 nitrogen and oxygen atoms in total. The van der Waals surface area contributed by atoms with Gasteiger partial charge in [0.05, 0.1) is 4.90 Å². The summed E-state index contributed by atoms with van der Waals surface area (Å²) in [5.41, 5.74) is 0.604. The Morgan fingerprint density at radius 1 is 1.08 bits per heavy atom. The summed E-state index contributed by atoms with van der Waals surface area (Å²) in [6, 6.07) is 7.77. The van der Waals surface area contributed by atoms with Crippen molar-refractivity contribution in [1.29, 1.82) is 0 Å². The zero-order valence-corrected chi connectivity index (χ0v) is 16.6. The molecule has 0 saturated carbocycles. The second-order valence-electron chi connectivity index (χ2n) is 7.59. The summed E-state index contributed by atoms with van der Waals surface area (Å²) in [6.07, 6.45) is 4.33. The molecule has 2 saturated heterocycles. The molecule has 0 spiro atoms. The standard InChI is InChI=1S/C19H29N3O3S/c1-14-6-7-15(2)22(14)18-5-4-12-21(13-18)26(24,25)19-10-8-17(9-11-19)20-16(3)23/h8-11,14-15,18H,4-7,12-13H2,1-3H3,(H,20,23)/t14-,15+,18-/m1/s1. The Bertz CT molecular complexity index is 738. The van der Waals surface area contributed by atoms with Gasteiger partial charge in [-0.25, -0.2) is 8.42 Å². The largest absolute Gasteiger partial charge is 0.326 e. The maximum Gasteiger partial charge on any atom is 0.243 e. The molecular formula is C19H29N3O3S. The third-order valence-corrected chi connectivity index (χ3v) is 7.49. The van der Waals surface area contributed by atoms with Crippen molar-refractivity contribution < 1.29 is 13.2 Å². The lowest BCUT2D eigenvalue weighted by molar-refractivity contribution is -0.114. The molecule has 0 bridgehead atoms. The highest BCUT2D eigenvalue weighted by Crippen LogP contribution is 2.31. The third kappa shape index (κ3) is 3.94. The lowest BCUT2D eigenvalue weighted by Crippen LogP contribution is -2.52. The molecule has 3 atom stereocenters. The summed E-state index contributed by atoms with van der Waals surface area (Å²) < 4.78 is 27.8. The van der Waals surface area contributed by atoms with Crippen LogP contribution in [0.1, 0.15) is 46.5 Å². The van der Waals surface area contributed by atoms with Crippen LogP contribution >= 0.6 is 0 Å². The van der Waals surface area contributed by atoms with Crippen LogP contribution in [0.25, 0.3) is 0 Å². The number of likely N-dealkylation sites (tertiary alicyclic amines) is 1. The molecule has 2 aliphatic heterocycles. The summed E-state index contributed by atoms with van der Waals surface area (Å²) >= 11 is 0. The van der Waals surface area contributed by atoms with Crippen LogP contribution in [-0.2, 0) is 14.8 Å². The van der Waals surface area contributed by atoms with E-state index in [0.717, 1.165) is 12.8 Å². The van der Waals surface area contributed by atoms with Gasteiger partial charge in [-0.05, 0) is 63.8 Å². The predicted molar refractivity (Wildman–Crippen MR) is 103 cm³/mol. The van der Waals surface area contributed by atoms with Gasteiger partial charge >= 0.3 is 0 Å². The third-order valence-electron chi connectivity index (χ3n) is 5.61. The number of nitrogens with one attached hydrogen (secondary N) is 1. The number of hydrogen-bond donors (Lipinski definition) is 1. The number of anilines is 1. The van der Waals surface area contributed by atoms with Gasteiger partial charge in [0.1, 0.15) is 0 Å². The average Bonchev–Trinajstić information content (AvgIpc) is 2.93. The molecule has 3 rings (SSSR count). The van der Waals surface area contributed by atoms with Crippen molar-refractivity contribution in [2.75, 3.05) is 18.4 Å². The minimum absolute atomic E-state index is 0.173. The van der Waals surface area contributed by atoms with Crippen LogP contribution < -0.4 is 5.32 Å². The molecule has 0 radical (unpaired) electrons.